The lowest BCUT2D eigenvalue weighted by Crippen LogP contribution is -2.26. The second-order valence-corrected chi connectivity index (χ2v) is 4.21. The Hall–Kier alpha value is -1.04. The average Bonchev–Trinajstić information content (AvgIpc) is 2.22. The Morgan fingerprint density at radius 3 is 2.29 bits per heavy atom. The number of alkyl halides is 3. The molecule has 1 aromatic rings. The topological polar surface area (TPSA) is 29.0 Å². The summed E-state index contributed by atoms with van der Waals surface area (Å²) >= 11 is 5.77. The van der Waals surface area contributed by atoms with E-state index in [2.05, 4.69) is 10.2 Å². The first-order chi connectivity index (χ1) is 7.72. The minimum Gasteiger partial charge on any atom is -0.358 e. The summed E-state index contributed by atoms with van der Waals surface area (Å²) in [4.78, 5) is 1.43. The molecule has 1 rings (SSSR count). The fourth-order valence-corrected chi connectivity index (χ4v) is 1.51. The van der Waals surface area contributed by atoms with Crippen molar-refractivity contribution in [3.8, 4) is 0 Å². The van der Waals surface area contributed by atoms with Crippen molar-refractivity contribution < 1.29 is 13.2 Å². The van der Waals surface area contributed by atoms with Gasteiger partial charge in [-0.2, -0.15) is 13.2 Å². The Balaban J connectivity index is 2.83. The maximum absolute atomic E-state index is 12.1. The third-order valence-corrected chi connectivity index (χ3v) is 2.89. The van der Waals surface area contributed by atoms with Crippen molar-refractivity contribution in [2.24, 2.45) is 0 Å². The van der Waals surface area contributed by atoms with Crippen LogP contribution in [-0.2, 0) is 0 Å². The SMILES string of the molecule is Cc1c(Cl)nnc(N(C)CCC(F)(F)F)c1C. The monoisotopic (exact) mass is 267 g/mol. The maximum atomic E-state index is 12.1. The van der Waals surface area contributed by atoms with Gasteiger partial charge in [0, 0.05) is 13.6 Å². The summed E-state index contributed by atoms with van der Waals surface area (Å²) in [6, 6.07) is 0. The van der Waals surface area contributed by atoms with Gasteiger partial charge in [0.15, 0.2) is 11.0 Å². The minimum atomic E-state index is -4.17. The van der Waals surface area contributed by atoms with Crippen molar-refractivity contribution in [2.45, 2.75) is 26.4 Å². The number of anilines is 1. The quantitative estimate of drug-likeness (QED) is 0.842. The van der Waals surface area contributed by atoms with Gasteiger partial charge in [-0.05, 0) is 25.0 Å². The summed E-state index contributed by atoms with van der Waals surface area (Å²) in [7, 11) is 1.55. The van der Waals surface area contributed by atoms with Crippen LogP contribution in [0.15, 0.2) is 0 Å². The van der Waals surface area contributed by atoms with Gasteiger partial charge in [0.25, 0.3) is 0 Å². The molecule has 0 bridgehead atoms. The first kappa shape index (κ1) is 14.0. The number of aromatic nitrogens is 2. The van der Waals surface area contributed by atoms with Crippen LogP contribution in [0.1, 0.15) is 17.5 Å². The molecule has 17 heavy (non-hydrogen) atoms. The van der Waals surface area contributed by atoms with E-state index in [4.69, 9.17) is 11.6 Å². The number of nitrogens with zero attached hydrogens (tertiary/aromatic N) is 3. The van der Waals surface area contributed by atoms with Crippen LogP contribution in [0.2, 0.25) is 5.15 Å². The fraction of sp³-hybridized carbons (Fsp3) is 0.600. The van der Waals surface area contributed by atoms with Crippen LogP contribution in [0.3, 0.4) is 0 Å². The zero-order valence-electron chi connectivity index (χ0n) is 9.77. The van der Waals surface area contributed by atoms with Crippen LogP contribution in [-0.4, -0.2) is 30.0 Å². The normalized spacial score (nSPS) is 11.7. The molecule has 0 saturated carbocycles. The Bertz CT molecular complexity index is 407. The smallest absolute Gasteiger partial charge is 0.358 e. The van der Waals surface area contributed by atoms with Gasteiger partial charge in [-0.25, -0.2) is 0 Å². The van der Waals surface area contributed by atoms with Crippen LogP contribution in [0.25, 0.3) is 0 Å². The molecule has 1 heterocycles. The summed E-state index contributed by atoms with van der Waals surface area (Å²) in [6.07, 6.45) is -5.05. The second kappa shape index (κ2) is 5.08. The highest BCUT2D eigenvalue weighted by molar-refractivity contribution is 6.30. The number of hydrogen-bond donors (Lipinski definition) is 0. The van der Waals surface area contributed by atoms with Gasteiger partial charge in [0.05, 0.1) is 6.42 Å². The lowest BCUT2D eigenvalue weighted by atomic mass is 10.2. The van der Waals surface area contributed by atoms with Crippen LogP contribution < -0.4 is 4.90 Å². The number of hydrogen-bond acceptors (Lipinski definition) is 3. The van der Waals surface area contributed by atoms with Crippen molar-refractivity contribution in [1.82, 2.24) is 10.2 Å². The zero-order valence-corrected chi connectivity index (χ0v) is 10.5. The molecule has 0 amide bonds. The van der Waals surface area contributed by atoms with E-state index in [-0.39, 0.29) is 11.7 Å². The van der Waals surface area contributed by atoms with E-state index in [9.17, 15) is 13.2 Å². The molecule has 1 aromatic heterocycles. The van der Waals surface area contributed by atoms with Gasteiger partial charge in [-0.15, -0.1) is 10.2 Å². The van der Waals surface area contributed by atoms with E-state index in [1.165, 1.54) is 4.90 Å². The van der Waals surface area contributed by atoms with Gasteiger partial charge >= 0.3 is 6.18 Å². The van der Waals surface area contributed by atoms with E-state index in [1.54, 1.807) is 20.9 Å². The first-order valence-corrected chi connectivity index (χ1v) is 5.37. The highest BCUT2D eigenvalue weighted by Gasteiger charge is 2.27. The fourth-order valence-electron chi connectivity index (χ4n) is 1.33. The van der Waals surface area contributed by atoms with Gasteiger partial charge < -0.3 is 4.90 Å². The lowest BCUT2D eigenvalue weighted by Gasteiger charge is -2.21. The molecule has 3 nitrogen and oxygen atoms in total. The summed E-state index contributed by atoms with van der Waals surface area (Å²) in [5.74, 6) is 0.427. The molecule has 0 radical (unpaired) electrons. The van der Waals surface area contributed by atoms with E-state index in [0.717, 1.165) is 11.1 Å². The predicted molar refractivity (Wildman–Crippen MR) is 60.5 cm³/mol. The number of halogens is 4. The molecular weight excluding hydrogens is 255 g/mol. The molecule has 0 aliphatic carbocycles. The largest absolute Gasteiger partial charge is 0.390 e. The van der Waals surface area contributed by atoms with Crippen LogP contribution in [0.5, 0.6) is 0 Å². The molecule has 7 heteroatoms. The molecule has 0 fully saturated rings. The summed E-state index contributed by atoms with van der Waals surface area (Å²) in [5, 5.41) is 7.79. The third-order valence-electron chi connectivity index (χ3n) is 2.53. The summed E-state index contributed by atoms with van der Waals surface area (Å²) in [6.45, 7) is 3.36. The highest BCUT2D eigenvalue weighted by atomic mass is 35.5. The van der Waals surface area contributed by atoms with Crippen LogP contribution >= 0.6 is 11.6 Å². The van der Waals surface area contributed by atoms with E-state index >= 15 is 0 Å². The van der Waals surface area contributed by atoms with Gasteiger partial charge in [0.2, 0.25) is 0 Å². The lowest BCUT2D eigenvalue weighted by molar-refractivity contribution is -0.132. The van der Waals surface area contributed by atoms with Crippen molar-refractivity contribution in [3.63, 3.8) is 0 Å². The van der Waals surface area contributed by atoms with Crippen molar-refractivity contribution in [2.75, 3.05) is 18.5 Å². The molecule has 0 aromatic carbocycles. The second-order valence-electron chi connectivity index (χ2n) is 3.85. The molecule has 96 valence electrons. The van der Waals surface area contributed by atoms with E-state index in [1.807, 2.05) is 0 Å². The van der Waals surface area contributed by atoms with Gasteiger partial charge in [0.1, 0.15) is 0 Å². The Morgan fingerprint density at radius 2 is 1.76 bits per heavy atom. The van der Waals surface area contributed by atoms with Crippen molar-refractivity contribution in [1.29, 1.82) is 0 Å². The molecule has 0 aliphatic rings. The average molecular weight is 268 g/mol. The maximum Gasteiger partial charge on any atom is 0.390 e. The Morgan fingerprint density at radius 1 is 1.18 bits per heavy atom. The molecule has 0 atom stereocenters. The van der Waals surface area contributed by atoms with Crippen molar-refractivity contribution >= 4 is 17.4 Å². The molecule has 0 spiro atoms. The highest BCUT2D eigenvalue weighted by Crippen LogP contribution is 2.25. The van der Waals surface area contributed by atoms with Gasteiger partial charge in [-0.3, -0.25) is 0 Å². The molecule has 0 saturated heterocycles. The standard InChI is InChI=1S/C10H13ClF3N3/c1-6-7(2)9(16-15-8(6)11)17(3)5-4-10(12,13)14/h4-5H2,1-3H3. The molecule has 0 unspecified atom stereocenters. The molecule has 0 N–H and O–H groups in total. The van der Waals surface area contributed by atoms with E-state index in [0.29, 0.717) is 5.82 Å². The minimum absolute atomic E-state index is 0.153. The van der Waals surface area contributed by atoms with Gasteiger partial charge in [-0.1, -0.05) is 11.6 Å². The predicted octanol–water partition coefficient (Wildman–Crippen LogP) is 3.14. The summed E-state index contributed by atoms with van der Waals surface area (Å²) in [5.41, 5.74) is 1.48. The molecule has 0 aliphatic heterocycles. The Kier molecular flexibility index (Phi) is 4.19. The zero-order chi connectivity index (χ0) is 13.2. The molecular formula is C10H13ClF3N3. The van der Waals surface area contributed by atoms with Crippen molar-refractivity contribution in [3.05, 3.63) is 16.3 Å². The first-order valence-electron chi connectivity index (χ1n) is 4.99. The number of rotatable bonds is 3. The van der Waals surface area contributed by atoms with E-state index < -0.39 is 12.6 Å². The summed E-state index contributed by atoms with van der Waals surface area (Å²) < 4.78 is 36.3. The third kappa shape index (κ3) is 3.73. The Labute approximate surface area is 103 Å². The van der Waals surface area contributed by atoms with Crippen LogP contribution in [0, 0.1) is 13.8 Å². The van der Waals surface area contributed by atoms with Crippen LogP contribution in [0.4, 0.5) is 19.0 Å².